The summed E-state index contributed by atoms with van der Waals surface area (Å²) in [6.07, 6.45) is 5.04. The number of carbonyl (C=O) groups is 2. The second-order valence-corrected chi connectivity index (χ2v) is 2.94. The molecule has 0 saturated heterocycles. The Morgan fingerprint density at radius 3 is 2.38 bits per heavy atom. The van der Waals surface area contributed by atoms with E-state index in [2.05, 4.69) is 5.92 Å². The number of amides is 1. The van der Waals surface area contributed by atoms with Crippen LogP contribution >= 0.6 is 0 Å². The first-order valence-corrected chi connectivity index (χ1v) is 3.85. The van der Waals surface area contributed by atoms with E-state index in [-0.39, 0.29) is 18.7 Å². The standard InChI is InChI=1S/C9H13NO3/c1-4-5-7(9(12)13)6-8(11)10(2)3/h1,7H,5-6H2,2-3H3,(H,12,13). The summed E-state index contributed by atoms with van der Waals surface area (Å²) in [7, 11) is 3.16. The Labute approximate surface area is 77.5 Å². The highest BCUT2D eigenvalue weighted by molar-refractivity contribution is 5.82. The van der Waals surface area contributed by atoms with Crippen LogP contribution in [-0.4, -0.2) is 36.0 Å². The monoisotopic (exact) mass is 183 g/mol. The fourth-order valence-electron chi connectivity index (χ4n) is 0.782. The predicted molar refractivity (Wildman–Crippen MR) is 47.9 cm³/mol. The lowest BCUT2D eigenvalue weighted by molar-refractivity contribution is -0.145. The van der Waals surface area contributed by atoms with Gasteiger partial charge < -0.3 is 10.0 Å². The lowest BCUT2D eigenvalue weighted by atomic mass is 10.0. The van der Waals surface area contributed by atoms with Gasteiger partial charge in [-0.1, -0.05) is 0 Å². The number of carboxylic acid groups (broad SMARTS) is 1. The van der Waals surface area contributed by atoms with E-state index in [9.17, 15) is 9.59 Å². The van der Waals surface area contributed by atoms with Crippen LogP contribution in [0, 0.1) is 18.3 Å². The average molecular weight is 183 g/mol. The number of carbonyl (C=O) groups excluding carboxylic acids is 1. The van der Waals surface area contributed by atoms with Crippen LogP contribution in [0.1, 0.15) is 12.8 Å². The predicted octanol–water partition coefficient (Wildman–Crippen LogP) is 0.189. The van der Waals surface area contributed by atoms with Gasteiger partial charge in [0.2, 0.25) is 5.91 Å². The number of hydrogen-bond acceptors (Lipinski definition) is 2. The Bertz CT molecular complexity index is 240. The number of carboxylic acids is 1. The van der Waals surface area contributed by atoms with Crippen molar-refractivity contribution in [3.05, 3.63) is 0 Å². The van der Waals surface area contributed by atoms with E-state index in [1.165, 1.54) is 4.90 Å². The highest BCUT2D eigenvalue weighted by Crippen LogP contribution is 2.09. The molecule has 0 aliphatic rings. The number of hydrogen-bond donors (Lipinski definition) is 1. The smallest absolute Gasteiger partial charge is 0.307 e. The third-order valence-electron chi connectivity index (χ3n) is 1.63. The Hall–Kier alpha value is -1.50. The molecular weight excluding hydrogens is 170 g/mol. The van der Waals surface area contributed by atoms with Crippen molar-refractivity contribution >= 4 is 11.9 Å². The molecule has 0 saturated carbocycles. The average Bonchev–Trinajstić information content (AvgIpc) is 2.03. The van der Waals surface area contributed by atoms with E-state index in [0.717, 1.165) is 0 Å². The second-order valence-electron chi connectivity index (χ2n) is 2.94. The molecule has 0 fully saturated rings. The van der Waals surface area contributed by atoms with Crippen molar-refractivity contribution < 1.29 is 14.7 Å². The summed E-state index contributed by atoms with van der Waals surface area (Å²) >= 11 is 0. The zero-order valence-electron chi connectivity index (χ0n) is 7.78. The zero-order chi connectivity index (χ0) is 10.4. The van der Waals surface area contributed by atoms with E-state index in [0.29, 0.717) is 0 Å². The largest absolute Gasteiger partial charge is 0.481 e. The first kappa shape index (κ1) is 11.5. The van der Waals surface area contributed by atoms with Crippen molar-refractivity contribution in [1.29, 1.82) is 0 Å². The van der Waals surface area contributed by atoms with Crippen LogP contribution in [-0.2, 0) is 9.59 Å². The van der Waals surface area contributed by atoms with Crippen molar-refractivity contribution in [1.82, 2.24) is 4.90 Å². The number of aliphatic carboxylic acids is 1. The molecule has 1 atom stereocenters. The molecule has 72 valence electrons. The lowest BCUT2D eigenvalue weighted by Crippen LogP contribution is -2.27. The summed E-state index contributed by atoms with van der Waals surface area (Å²) in [5.41, 5.74) is 0. The van der Waals surface area contributed by atoms with Crippen LogP contribution in [0.5, 0.6) is 0 Å². The highest BCUT2D eigenvalue weighted by atomic mass is 16.4. The summed E-state index contributed by atoms with van der Waals surface area (Å²) in [4.78, 5) is 23.1. The molecule has 0 rings (SSSR count). The topological polar surface area (TPSA) is 57.6 Å². The second kappa shape index (κ2) is 5.20. The maximum atomic E-state index is 11.1. The molecule has 0 bridgehead atoms. The molecule has 0 spiro atoms. The first-order valence-electron chi connectivity index (χ1n) is 3.85. The number of terminal acetylenes is 1. The molecule has 4 heteroatoms. The molecule has 4 nitrogen and oxygen atoms in total. The molecule has 0 heterocycles. The Morgan fingerprint density at radius 1 is 1.54 bits per heavy atom. The van der Waals surface area contributed by atoms with Crippen molar-refractivity contribution in [3.8, 4) is 12.3 Å². The third-order valence-corrected chi connectivity index (χ3v) is 1.63. The van der Waals surface area contributed by atoms with E-state index >= 15 is 0 Å². The van der Waals surface area contributed by atoms with Gasteiger partial charge in [0, 0.05) is 26.9 Å². The fraction of sp³-hybridized carbons (Fsp3) is 0.556. The number of nitrogens with zero attached hydrogens (tertiary/aromatic N) is 1. The van der Waals surface area contributed by atoms with Gasteiger partial charge in [-0.25, -0.2) is 0 Å². The maximum Gasteiger partial charge on any atom is 0.307 e. The van der Waals surface area contributed by atoms with Gasteiger partial charge in [0.1, 0.15) is 0 Å². The molecule has 0 aliphatic heterocycles. The van der Waals surface area contributed by atoms with Crippen LogP contribution in [0.15, 0.2) is 0 Å². The van der Waals surface area contributed by atoms with Gasteiger partial charge in [-0.3, -0.25) is 9.59 Å². The minimum absolute atomic E-state index is 0.0352. The summed E-state index contributed by atoms with van der Waals surface area (Å²) in [6.45, 7) is 0. The van der Waals surface area contributed by atoms with Crippen LogP contribution in [0.4, 0.5) is 0 Å². The van der Waals surface area contributed by atoms with Gasteiger partial charge in [0.05, 0.1) is 5.92 Å². The summed E-state index contributed by atoms with van der Waals surface area (Å²) in [5, 5.41) is 8.67. The fourth-order valence-corrected chi connectivity index (χ4v) is 0.782. The van der Waals surface area contributed by atoms with E-state index < -0.39 is 11.9 Å². The molecule has 1 unspecified atom stereocenters. The van der Waals surface area contributed by atoms with Crippen LogP contribution < -0.4 is 0 Å². The Kier molecular flexibility index (Phi) is 4.60. The van der Waals surface area contributed by atoms with Crippen LogP contribution in [0.25, 0.3) is 0 Å². The molecule has 13 heavy (non-hydrogen) atoms. The third kappa shape index (κ3) is 4.16. The maximum absolute atomic E-state index is 11.1. The van der Waals surface area contributed by atoms with Gasteiger partial charge in [0.15, 0.2) is 0 Å². The van der Waals surface area contributed by atoms with Gasteiger partial charge in [0.25, 0.3) is 0 Å². The molecule has 0 radical (unpaired) electrons. The quantitative estimate of drug-likeness (QED) is 0.633. The summed E-state index contributed by atoms with van der Waals surface area (Å²) in [6, 6.07) is 0. The minimum atomic E-state index is -1.02. The zero-order valence-corrected chi connectivity index (χ0v) is 7.78. The molecule has 0 aliphatic carbocycles. The van der Waals surface area contributed by atoms with Gasteiger partial charge in [-0.2, -0.15) is 0 Å². The molecule has 0 aromatic rings. The molecule has 1 N–H and O–H groups in total. The molecule has 0 aromatic heterocycles. The van der Waals surface area contributed by atoms with Crippen LogP contribution in [0.3, 0.4) is 0 Å². The van der Waals surface area contributed by atoms with E-state index in [4.69, 9.17) is 11.5 Å². The Balaban J connectivity index is 4.20. The van der Waals surface area contributed by atoms with Crippen LogP contribution in [0.2, 0.25) is 0 Å². The van der Waals surface area contributed by atoms with Gasteiger partial charge in [-0.15, -0.1) is 12.3 Å². The lowest BCUT2D eigenvalue weighted by Gasteiger charge is -2.13. The molecule has 1 amide bonds. The van der Waals surface area contributed by atoms with E-state index in [1.54, 1.807) is 14.1 Å². The van der Waals surface area contributed by atoms with Crippen molar-refractivity contribution in [2.75, 3.05) is 14.1 Å². The van der Waals surface area contributed by atoms with Crippen molar-refractivity contribution in [2.45, 2.75) is 12.8 Å². The normalized spacial score (nSPS) is 11.5. The molecule has 0 aromatic carbocycles. The Morgan fingerprint density at radius 2 is 2.08 bits per heavy atom. The minimum Gasteiger partial charge on any atom is -0.481 e. The number of rotatable bonds is 4. The SMILES string of the molecule is C#CCC(CC(=O)N(C)C)C(=O)O. The van der Waals surface area contributed by atoms with Crippen molar-refractivity contribution in [3.63, 3.8) is 0 Å². The van der Waals surface area contributed by atoms with Crippen molar-refractivity contribution in [2.24, 2.45) is 5.92 Å². The summed E-state index contributed by atoms with van der Waals surface area (Å²) in [5.74, 6) is 0.238. The molecular formula is C9H13NO3. The van der Waals surface area contributed by atoms with Gasteiger partial charge in [-0.05, 0) is 0 Å². The van der Waals surface area contributed by atoms with Gasteiger partial charge >= 0.3 is 5.97 Å². The summed E-state index contributed by atoms with van der Waals surface area (Å²) < 4.78 is 0. The highest BCUT2D eigenvalue weighted by Gasteiger charge is 2.20. The van der Waals surface area contributed by atoms with E-state index in [1.807, 2.05) is 0 Å². The first-order chi connectivity index (χ1) is 5.99.